The molecule has 5 nitrogen and oxygen atoms in total. The number of piperidine rings is 1. The summed E-state index contributed by atoms with van der Waals surface area (Å²) in [4.78, 5) is 40.4. The van der Waals surface area contributed by atoms with Crippen molar-refractivity contribution in [3.63, 3.8) is 0 Å². The van der Waals surface area contributed by atoms with Crippen molar-refractivity contribution >= 4 is 33.6 Å². The zero-order valence-corrected chi connectivity index (χ0v) is 17.3. The lowest BCUT2D eigenvalue weighted by molar-refractivity contribution is -0.169. The van der Waals surface area contributed by atoms with Gasteiger partial charge in [0.2, 0.25) is 5.78 Å². The largest absolute Gasteiger partial charge is 0.465 e. The Morgan fingerprint density at radius 1 is 1.11 bits per heavy atom. The number of carbonyl (C=O) groups is 3. The molecule has 1 unspecified atom stereocenters. The molecule has 1 fully saturated rings. The smallest absolute Gasteiger partial charge is 0.320 e. The van der Waals surface area contributed by atoms with Crippen LogP contribution in [-0.2, 0) is 32.1 Å². The predicted molar refractivity (Wildman–Crippen MR) is 108 cm³/mol. The van der Waals surface area contributed by atoms with E-state index in [0.717, 1.165) is 15.6 Å². The number of amides is 1. The molecule has 1 aliphatic heterocycles. The average Bonchev–Trinajstić information content (AvgIpc) is 2.70. The standard InChI is InChI=1S/C22H22BrNO4/c1-2-28-21(27)22(14-17-10-6-7-11-18(17)23)12-13-24(20(26)19(22)25)15-16-8-4-3-5-9-16/h3-11H,2,12-15H2,1H3. The highest BCUT2D eigenvalue weighted by atomic mass is 79.9. The molecule has 0 N–H and O–H groups in total. The molecule has 1 atom stereocenters. The lowest BCUT2D eigenvalue weighted by atomic mass is 9.72. The highest BCUT2D eigenvalue weighted by Crippen LogP contribution is 2.37. The van der Waals surface area contributed by atoms with E-state index in [1.54, 1.807) is 6.92 Å². The van der Waals surface area contributed by atoms with Crippen molar-refractivity contribution in [1.29, 1.82) is 0 Å². The second-order valence-corrected chi connectivity index (χ2v) is 7.72. The molecule has 0 bridgehead atoms. The molecule has 0 aliphatic carbocycles. The molecule has 0 radical (unpaired) electrons. The maximum absolute atomic E-state index is 13.2. The van der Waals surface area contributed by atoms with Gasteiger partial charge in [0.25, 0.3) is 5.91 Å². The summed E-state index contributed by atoms with van der Waals surface area (Å²) in [5.41, 5.74) is 0.260. The Morgan fingerprint density at radius 3 is 2.46 bits per heavy atom. The minimum absolute atomic E-state index is 0.136. The Kier molecular flexibility index (Phi) is 6.29. The summed E-state index contributed by atoms with van der Waals surface area (Å²) >= 11 is 3.47. The molecule has 2 aromatic carbocycles. The third-order valence-electron chi connectivity index (χ3n) is 5.06. The van der Waals surface area contributed by atoms with E-state index in [-0.39, 0.29) is 19.4 Å². The van der Waals surface area contributed by atoms with Crippen LogP contribution < -0.4 is 0 Å². The molecular weight excluding hydrogens is 422 g/mol. The predicted octanol–water partition coefficient (Wildman–Crippen LogP) is 3.54. The van der Waals surface area contributed by atoms with E-state index in [1.165, 1.54) is 4.90 Å². The third-order valence-corrected chi connectivity index (χ3v) is 5.83. The fourth-order valence-electron chi connectivity index (χ4n) is 3.52. The molecule has 0 spiro atoms. The molecule has 28 heavy (non-hydrogen) atoms. The molecule has 2 aromatic rings. The quantitative estimate of drug-likeness (QED) is 0.389. The first-order valence-electron chi connectivity index (χ1n) is 9.26. The Balaban J connectivity index is 1.89. The molecule has 6 heteroatoms. The molecule has 1 saturated heterocycles. The number of rotatable bonds is 6. The molecule has 1 heterocycles. The highest BCUT2D eigenvalue weighted by molar-refractivity contribution is 9.10. The lowest BCUT2D eigenvalue weighted by Crippen LogP contribution is -2.56. The first-order chi connectivity index (χ1) is 13.5. The van der Waals surface area contributed by atoms with Crippen molar-refractivity contribution in [2.45, 2.75) is 26.3 Å². The molecule has 0 aromatic heterocycles. The van der Waals surface area contributed by atoms with Gasteiger partial charge in [-0.15, -0.1) is 0 Å². The third kappa shape index (κ3) is 4.02. The maximum atomic E-state index is 13.2. The van der Waals surface area contributed by atoms with Crippen molar-refractivity contribution in [2.75, 3.05) is 13.2 Å². The zero-order valence-electron chi connectivity index (χ0n) is 15.7. The van der Waals surface area contributed by atoms with Crippen LogP contribution in [0.25, 0.3) is 0 Å². The van der Waals surface area contributed by atoms with E-state index in [2.05, 4.69) is 15.9 Å². The van der Waals surface area contributed by atoms with Crippen molar-refractivity contribution < 1.29 is 19.1 Å². The van der Waals surface area contributed by atoms with Gasteiger partial charge in [0, 0.05) is 17.6 Å². The number of ketones is 1. The van der Waals surface area contributed by atoms with Gasteiger partial charge >= 0.3 is 5.97 Å². The SMILES string of the molecule is CCOC(=O)C1(Cc2ccccc2Br)CCN(Cc2ccccc2)C(=O)C1=O. The number of likely N-dealkylation sites (tertiary alicyclic amines) is 1. The average molecular weight is 444 g/mol. The Hall–Kier alpha value is -2.47. The summed E-state index contributed by atoms with van der Waals surface area (Å²) in [6.45, 7) is 2.52. The van der Waals surface area contributed by atoms with Gasteiger partial charge in [-0.3, -0.25) is 14.4 Å². The fourth-order valence-corrected chi connectivity index (χ4v) is 3.94. The van der Waals surface area contributed by atoms with E-state index in [4.69, 9.17) is 4.74 Å². The molecule has 1 amide bonds. The van der Waals surface area contributed by atoms with Crippen LogP contribution in [0.2, 0.25) is 0 Å². The number of halogens is 1. The summed E-state index contributed by atoms with van der Waals surface area (Å²) in [7, 11) is 0. The van der Waals surface area contributed by atoms with Gasteiger partial charge in [0.15, 0.2) is 0 Å². The number of Topliss-reactive ketones (excluding diaryl/α,β-unsaturated/α-hetero) is 1. The summed E-state index contributed by atoms with van der Waals surface area (Å²) in [5.74, 6) is -1.94. The molecule has 146 valence electrons. The number of ether oxygens (including phenoxy) is 1. The summed E-state index contributed by atoms with van der Waals surface area (Å²) in [6.07, 6.45) is 0.377. The molecule has 1 aliphatic rings. The number of hydrogen-bond acceptors (Lipinski definition) is 4. The second-order valence-electron chi connectivity index (χ2n) is 6.86. The van der Waals surface area contributed by atoms with Gasteiger partial charge in [-0.2, -0.15) is 0 Å². The summed E-state index contributed by atoms with van der Waals surface area (Å²) in [6, 6.07) is 16.9. The summed E-state index contributed by atoms with van der Waals surface area (Å²) < 4.78 is 6.02. The fraction of sp³-hybridized carbons (Fsp3) is 0.318. The maximum Gasteiger partial charge on any atom is 0.320 e. The molecular formula is C22H22BrNO4. The van der Waals surface area contributed by atoms with Crippen molar-refractivity contribution in [3.8, 4) is 0 Å². The summed E-state index contributed by atoms with van der Waals surface area (Å²) in [5, 5.41) is 0. The minimum Gasteiger partial charge on any atom is -0.465 e. The Labute approximate surface area is 172 Å². The lowest BCUT2D eigenvalue weighted by Gasteiger charge is -2.38. The normalized spacial score (nSPS) is 19.6. The topological polar surface area (TPSA) is 63.7 Å². The van der Waals surface area contributed by atoms with E-state index in [1.807, 2.05) is 54.6 Å². The van der Waals surface area contributed by atoms with Gasteiger partial charge in [0.1, 0.15) is 5.41 Å². The molecule has 0 saturated carbocycles. The van der Waals surface area contributed by atoms with Gasteiger partial charge < -0.3 is 9.64 Å². The van der Waals surface area contributed by atoms with Crippen LogP contribution >= 0.6 is 15.9 Å². The van der Waals surface area contributed by atoms with Crippen LogP contribution in [-0.4, -0.2) is 35.7 Å². The van der Waals surface area contributed by atoms with Crippen LogP contribution in [0.15, 0.2) is 59.1 Å². The van der Waals surface area contributed by atoms with E-state index < -0.39 is 23.1 Å². The van der Waals surface area contributed by atoms with Gasteiger partial charge in [0.05, 0.1) is 6.61 Å². The number of benzene rings is 2. The van der Waals surface area contributed by atoms with E-state index >= 15 is 0 Å². The van der Waals surface area contributed by atoms with Crippen LogP contribution in [0.5, 0.6) is 0 Å². The van der Waals surface area contributed by atoms with Crippen LogP contribution in [0.3, 0.4) is 0 Å². The number of esters is 1. The van der Waals surface area contributed by atoms with Crippen molar-refractivity contribution in [1.82, 2.24) is 4.90 Å². The first-order valence-corrected chi connectivity index (χ1v) is 10.1. The van der Waals surface area contributed by atoms with E-state index in [9.17, 15) is 14.4 Å². The Bertz CT molecular complexity index is 883. The minimum atomic E-state index is -1.48. The highest BCUT2D eigenvalue weighted by Gasteiger charge is 2.54. The zero-order chi connectivity index (χ0) is 20.1. The van der Waals surface area contributed by atoms with E-state index in [0.29, 0.717) is 13.1 Å². The van der Waals surface area contributed by atoms with Crippen molar-refractivity contribution in [3.05, 3.63) is 70.2 Å². The number of carbonyl (C=O) groups excluding carboxylic acids is 3. The van der Waals surface area contributed by atoms with Gasteiger partial charge in [-0.05, 0) is 37.0 Å². The van der Waals surface area contributed by atoms with Gasteiger partial charge in [-0.1, -0.05) is 64.5 Å². The second kappa shape index (κ2) is 8.69. The number of hydrogen-bond donors (Lipinski definition) is 0. The molecule has 3 rings (SSSR count). The van der Waals surface area contributed by atoms with Gasteiger partial charge in [-0.25, -0.2) is 0 Å². The number of nitrogens with zero attached hydrogens (tertiary/aromatic N) is 1. The van der Waals surface area contributed by atoms with Crippen LogP contribution in [0.4, 0.5) is 0 Å². The van der Waals surface area contributed by atoms with Crippen LogP contribution in [0, 0.1) is 5.41 Å². The first kappa shape index (κ1) is 20.3. The van der Waals surface area contributed by atoms with Crippen molar-refractivity contribution in [2.24, 2.45) is 5.41 Å². The monoisotopic (exact) mass is 443 g/mol. The van der Waals surface area contributed by atoms with Crippen LogP contribution in [0.1, 0.15) is 24.5 Å². The Morgan fingerprint density at radius 2 is 1.79 bits per heavy atom.